The predicted molar refractivity (Wildman–Crippen MR) is 111 cm³/mol. The van der Waals surface area contributed by atoms with Crippen molar-refractivity contribution < 1.29 is 14.0 Å². The van der Waals surface area contributed by atoms with Gasteiger partial charge in [0, 0.05) is 32.7 Å². The van der Waals surface area contributed by atoms with Crippen LogP contribution in [-0.4, -0.2) is 67.4 Å². The van der Waals surface area contributed by atoms with E-state index in [4.69, 9.17) is 4.42 Å². The zero-order chi connectivity index (χ0) is 20.5. The van der Waals surface area contributed by atoms with Crippen LogP contribution in [0.3, 0.4) is 0 Å². The number of nitrogens with one attached hydrogen (secondary N) is 2. The third-order valence-electron chi connectivity index (χ3n) is 5.08. The highest BCUT2D eigenvalue weighted by molar-refractivity contribution is 5.79. The lowest BCUT2D eigenvalue weighted by molar-refractivity contribution is -0.132. The Morgan fingerprint density at radius 1 is 1.07 bits per heavy atom. The van der Waals surface area contributed by atoms with Gasteiger partial charge in [-0.3, -0.25) is 19.8 Å². The van der Waals surface area contributed by atoms with Crippen LogP contribution in [0.4, 0.5) is 0 Å². The monoisotopic (exact) mass is 398 g/mol. The second kappa shape index (κ2) is 10.8. The molecule has 7 heteroatoms. The first kappa shape index (κ1) is 21.1. The van der Waals surface area contributed by atoms with Crippen LogP contribution < -0.4 is 10.6 Å². The molecule has 3 rings (SSSR count). The number of nitrogens with zero attached hydrogens (tertiary/aromatic N) is 2. The van der Waals surface area contributed by atoms with Gasteiger partial charge >= 0.3 is 0 Å². The molecule has 1 atom stereocenters. The number of carbonyl (C=O) groups is 2. The summed E-state index contributed by atoms with van der Waals surface area (Å²) in [5, 5.41) is 6.23. The van der Waals surface area contributed by atoms with Crippen molar-refractivity contribution in [2.75, 3.05) is 45.8 Å². The Labute approximate surface area is 172 Å². The number of amides is 2. The Balaban J connectivity index is 1.48. The van der Waals surface area contributed by atoms with E-state index in [1.807, 2.05) is 54.3 Å². The molecule has 1 aliphatic rings. The van der Waals surface area contributed by atoms with Crippen molar-refractivity contribution in [3.05, 3.63) is 60.1 Å². The fraction of sp³-hybridized carbons (Fsp3) is 0.455. The van der Waals surface area contributed by atoms with Crippen LogP contribution in [0.25, 0.3) is 0 Å². The average Bonchev–Trinajstić information content (AvgIpc) is 3.28. The van der Waals surface area contributed by atoms with Gasteiger partial charge in [0.15, 0.2) is 0 Å². The van der Waals surface area contributed by atoms with Crippen LogP contribution >= 0.6 is 0 Å². The summed E-state index contributed by atoms with van der Waals surface area (Å²) in [6.07, 6.45) is 2.58. The minimum absolute atomic E-state index is 0.0532. The fourth-order valence-electron chi connectivity index (χ4n) is 3.46. The predicted octanol–water partition coefficient (Wildman–Crippen LogP) is 1.63. The highest BCUT2D eigenvalue weighted by Gasteiger charge is 2.24. The second-order valence-corrected chi connectivity index (χ2v) is 7.25. The molecule has 0 saturated carbocycles. The minimum Gasteiger partial charge on any atom is -0.467 e. The van der Waals surface area contributed by atoms with E-state index in [1.165, 1.54) is 0 Å². The fourth-order valence-corrected chi connectivity index (χ4v) is 3.46. The van der Waals surface area contributed by atoms with Crippen LogP contribution in [0.2, 0.25) is 0 Å². The van der Waals surface area contributed by atoms with E-state index < -0.39 is 0 Å². The molecule has 2 N–H and O–H groups in total. The summed E-state index contributed by atoms with van der Waals surface area (Å²) in [4.78, 5) is 28.5. The molecule has 1 aliphatic heterocycles. The zero-order valence-corrected chi connectivity index (χ0v) is 17.0. The first-order valence-electron chi connectivity index (χ1n) is 10.3. The Morgan fingerprint density at radius 3 is 2.48 bits per heavy atom. The van der Waals surface area contributed by atoms with Gasteiger partial charge in [-0.25, -0.2) is 0 Å². The van der Waals surface area contributed by atoms with E-state index in [9.17, 15) is 9.59 Å². The number of hydrogen-bond acceptors (Lipinski definition) is 5. The van der Waals surface area contributed by atoms with Gasteiger partial charge in [-0.15, -0.1) is 0 Å². The van der Waals surface area contributed by atoms with E-state index in [0.717, 1.165) is 17.7 Å². The van der Waals surface area contributed by atoms with E-state index in [1.54, 1.807) is 6.26 Å². The summed E-state index contributed by atoms with van der Waals surface area (Å²) >= 11 is 0. The molecule has 0 bridgehead atoms. The Morgan fingerprint density at radius 2 is 1.83 bits per heavy atom. The standard InChI is InChI=1S/C22H30N4O3/c1-2-10-23-20(27)17-25-11-13-26(14-12-25)21(28)16-24-22(19-9-6-15-29-19)18-7-4-3-5-8-18/h3-9,15,22,24H,2,10-14,16-17H2,1H3,(H,23,27)/t22-/m1/s1. The normalized spacial score (nSPS) is 15.8. The molecule has 1 saturated heterocycles. The molecule has 0 spiro atoms. The van der Waals surface area contributed by atoms with Crippen molar-refractivity contribution in [1.29, 1.82) is 0 Å². The van der Waals surface area contributed by atoms with Gasteiger partial charge in [-0.2, -0.15) is 0 Å². The molecule has 7 nitrogen and oxygen atoms in total. The second-order valence-electron chi connectivity index (χ2n) is 7.25. The molecule has 1 aromatic carbocycles. The molecule has 0 aliphatic carbocycles. The molecule has 0 unspecified atom stereocenters. The van der Waals surface area contributed by atoms with Crippen LogP contribution in [0, 0.1) is 0 Å². The van der Waals surface area contributed by atoms with Crippen molar-refractivity contribution in [2.45, 2.75) is 19.4 Å². The summed E-state index contributed by atoms with van der Waals surface area (Å²) in [7, 11) is 0. The third kappa shape index (κ3) is 6.17. The highest BCUT2D eigenvalue weighted by Crippen LogP contribution is 2.22. The summed E-state index contributed by atoms with van der Waals surface area (Å²) in [5.41, 5.74) is 1.05. The molecule has 1 aromatic heterocycles. The van der Waals surface area contributed by atoms with E-state index in [0.29, 0.717) is 39.3 Å². The maximum Gasteiger partial charge on any atom is 0.236 e. The Hall–Kier alpha value is -2.64. The first-order valence-corrected chi connectivity index (χ1v) is 10.3. The van der Waals surface area contributed by atoms with Crippen LogP contribution in [0.1, 0.15) is 30.7 Å². The molecule has 156 valence electrons. The van der Waals surface area contributed by atoms with Crippen LogP contribution in [0.15, 0.2) is 53.1 Å². The molecule has 1 fully saturated rings. The first-order chi connectivity index (χ1) is 14.2. The van der Waals surface area contributed by atoms with Crippen molar-refractivity contribution >= 4 is 11.8 Å². The van der Waals surface area contributed by atoms with E-state index in [-0.39, 0.29) is 24.4 Å². The maximum absolute atomic E-state index is 12.7. The molecule has 2 aromatic rings. The smallest absolute Gasteiger partial charge is 0.236 e. The van der Waals surface area contributed by atoms with Crippen LogP contribution in [0.5, 0.6) is 0 Å². The SMILES string of the molecule is CCCNC(=O)CN1CCN(C(=O)CN[C@H](c2ccccc2)c2ccco2)CC1. The number of carbonyl (C=O) groups excluding carboxylic acids is 2. The molecule has 0 radical (unpaired) electrons. The maximum atomic E-state index is 12.7. The lowest BCUT2D eigenvalue weighted by Gasteiger charge is -2.34. The van der Waals surface area contributed by atoms with Gasteiger partial charge in [0.05, 0.1) is 25.4 Å². The number of piperazine rings is 1. The van der Waals surface area contributed by atoms with Crippen molar-refractivity contribution in [3.63, 3.8) is 0 Å². The van der Waals surface area contributed by atoms with Gasteiger partial charge in [-0.05, 0) is 24.1 Å². The summed E-state index contributed by atoms with van der Waals surface area (Å²) in [6, 6.07) is 13.6. The van der Waals surface area contributed by atoms with E-state index >= 15 is 0 Å². The molecular weight excluding hydrogens is 368 g/mol. The van der Waals surface area contributed by atoms with Crippen molar-refractivity contribution in [3.8, 4) is 0 Å². The Kier molecular flexibility index (Phi) is 7.84. The van der Waals surface area contributed by atoms with E-state index in [2.05, 4.69) is 15.5 Å². The van der Waals surface area contributed by atoms with Gasteiger partial charge in [0.25, 0.3) is 0 Å². The van der Waals surface area contributed by atoms with Gasteiger partial charge in [0.2, 0.25) is 11.8 Å². The lowest BCUT2D eigenvalue weighted by atomic mass is 10.0. The summed E-state index contributed by atoms with van der Waals surface area (Å²) in [5.74, 6) is 0.900. The quantitative estimate of drug-likeness (QED) is 0.671. The highest BCUT2D eigenvalue weighted by atomic mass is 16.3. The topological polar surface area (TPSA) is 77.8 Å². The van der Waals surface area contributed by atoms with Gasteiger partial charge in [-0.1, -0.05) is 37.3 Å². The molecular formula is C22H30N4O3. The number of hydrogen-bond donors (Lipinski definition) is 2. The average molecular weight is 399 g/mol. The van der Waals surface area contributed by atoms with Gasteiger partial charge < -0.3 is 14.6 Å². The zero-order valence-electron chi connectivity index (χ0n) is 17.0. The largest absolute Gasteiger partial charge is 0.467 e. The van der Waals surface area contributed by atoms with Crippen LogP contribution in [-0.2, 0) is 9.59 Å². The minimum atomic E-state index is -0.168. The number of benzene rings is 1. The number of furan rings is 1. The molecule has 2 amide bonds. The van der Waals surface area contributed by atoms with Crippen molar-refractivity contribution in [2.24, 2.45) is 0 Å². The number of rotatable bonds is 9. The van der Waals surface area contributed by atoms with Gasteiger partial charge in [0.1, 0.15) is 5.76 Å². The molecule has 2 heterocycles. The molecule has 29 heavy (non-hydrogen) atoms. The van der Waals surface area contributed by atoms with Crippen molar-refractivity contribution in [1.82, 2.24) is 20.4 Å². The summed E-state index contributed by atoms with van der Waals surface area (Å²) in [6.45, 7) is 6.08. The lowest BCUT2D eigenvalue weighted by Crippen LogP contribution is -2.52. The Bertz CT molecular complexity index is 756. The third-order valence-corrected chi connectivity index (χ3v) is 5.08. The summed E-state index contributed by atoms with van der Waals surface area (Å²) < 4.78 is 5.57.